The van der Waals surface area contributed by atoms with Gasteiger partial charge in [-0.3, -0.25) is 5.10 Å². The Labute approximate surface area is 61.7 Å². The van der Waals surface area contributed by atoms with Crippen molar-refractivity contribution < 1.29 is 4.74 Å². The molecule has 0 saturated carbocycles. The monoisotopic (exact) mass is 162 g/mol. The Hall–Kier alpha value is -0.260. The summed E-state index contributed by atoms with van der Waals surface area (Å²) in [5, 5.41) is 7.42. The molecule has 5 heteroatoms. The van der Waals surface area contributed by atoms with Gasteiger partial charge in [-0.2, -0.15) is 5.10 Å². The van der Waals surface area contributed by atoms with Crippen LogP contribution in [0.5, 0.6) is 0 Å². The van der Waals surface area contributed by atoms with Gasteiger partial charge in [-0.1, -0.05) is 11.3 Å². The largest absolute Gasteiger partial charge is 0.377 e. The molecule has 0 amide bonds. The molecule has 0 spiro atoms. The lowest BCUT2D eigenvalue weighted by atomic mass is 10.8. The van der Waals surface area contributed by atoms with Gasteiger partial charge in [-0.25, -0.2) is 0 Å². The Bertz CT molecular complexity index is 228. The van der Waals surface area contributed by atoms with Crippen molar-refractivity contribution in [2.45, 2.75) is 6.61 Å². The van der Waals surface area contributed by atoms with Gasteiger partial charge in [0.1, 0.15) is 5.01 Å². The first-order valence-electron chi connectivity index (χ1n) is 2.36. The van der Waals surface area contributed by atoms with E-state index in [1.54, 1.807) is 7.11 Å². The number of aromatic nitrogens is 2. The predicted octanol–water partition coefficient (Wildman–Crippen LogP) is 1.35. The number of nitrogens with one attached hydrogen (secondary N) is 1. The molecule has 1 heterocycles. The maximum absolute atomic E-state index is 4.82. The van der Waals surface area contributed by atoms with Gasteiger partial charge in [-0.15, -0.1) is 0 Å². The number of nitrogens with zero attached hydrogens (tertiary/aromatic N) is 1. The van der Waals surface area contributed by atoms with Crippen LogP contribution in [-0.4, -0.2) is 17.3 Å². The predicted molar refractivity (Wildman–Crippen MR) is 38.0 cm³/mol. The van der Waals surface area contributed by atoms with Gasteiger partial charge in [-0.05, 0) is 12.2 Å². The van der Waals surface area contributed by atoms with Crippen molar-refractivity contribution in [2.24, 2.45) is 0 Å². The van der Waals surface area contributed by atoms with Gasteiger partial charge in [0.25, 0.3) is 0 Å². The maximum atomic E-state index is 4.82. The summed E-state index contributed by atoms with van der Waals surface area (Å²) in [6, 6.07) is 0. The Balaban J connectivity index is 2.73. The molecule has 1 rings (SSSR count). The maximum Gasteiger partial charge on any atom is 0.176 e. The van der Waals surface area contributed by atoms with Gasteiger partial charge < -0.3 is 4.74 Å². The smallest absolute Gasteiger partial charge is 0.176 e. The summed E-state index contributed by atoms with van der Waals surface area (Å²) in [7, 11) is 1.63. The van der Waals surface area contributed by atoms with Crippen LogP contribution in [0.25, 0.3) is 0 Å². The zero-order valence-corrected chi connectivity index (χ0v) is 6.51. The minimum absolute atomic E-state index is 0.539. The van der Waals surface area contributed by atoms with Crippen molar-refractivity contribution in [1.29, 1.82) is 0 Å². The number of hydrogen-bond acceptors (Lipinski definition) is 4. The Morgan fingerprint density at radius 1 is 1.89 bits per heavy atom. The first kappa shape index (κ1) is 6.85. The van der Waals surface area contributed by atoms with Crippen LogP contribution in [0.3, 0.4) is 0 Å². The van der Waals surface area contributed by atoms with Crippen molar-refractivity contribution in [3.63, 3.8) is 0 Å². The molecule has 3 nitrogen and oxygen atoms in total. The molecule has 1 N–H and O–H groups in total. The third kappa shape index (κ3) is 1.85. The van der Waals surface area contributed by atoms with E-state index in [0.717, 1.165) is 5.01 Å². The van der Waals surface area contributed by atoms with Gasteiger partial charge in [0.2, 0.25) is 0 Å². The first-order chi connectivity index (χ1) is 4.33. The molecule has 0 radical (unpaired) electrons. The normalized spacial score (nSPS) is 9.89. The molecule has 9 heavy (non-hydrogen) atoms. The summed E-state index contributed by atoms with van der Waals surface area (Å²) < 4.78 is 5.52. The highest BCUT2D eigenvalue weighted by Crippen LogP contribution is 2.04. The van der Waals surface area contributed by atoms with Crippen molar-refractivity contribution in [3.05, 3.63) is 8.96 Å². The highest BCUT2D eigenvalue weighted by molar-refractivity contribution is 7.73. The summed E-state index contributed by atoms with van der Waals surface area (Å²) in [5.74, 6) is 0. The van der Waals surface area contributed by atoms with E-state index in [2.05, 4.69) is 10.2 Å². The number of methoxy groups -OCH3 is 1. The standard InChI is InChI=1S/C4H6N2OS2/c1-7-2-3-5-6-4(8)9-3/h2H2,1H3,(H,6,8). The summed E-state index contributed by atoms with van der Waals surface area (Å²) in [5.41, 5.74) is 0. The molecule has 0 aliphatic rings. The minimum atomic E-state index is 0.539. The lowest BCUT2D eigenvalue weighted by Crippen LogP contribution is -1.84. The molecule has 1 aromatic rings. The van der Waals surface area contributed by atoms with Gasteiger partial charge in [0.15, 0.2) is 3.95 Å². The van der Waals surface area contributed by atoms with Crippen LogP contribution in [0.15, 0.2) is 0 Å². The van der Waals surface area contributed by atoms with Crippen LogP contribution in [0.1, 0.15) is 5.01 Å². The van der Waals surface area contributed by atoms with E-state index in [0.29, 0.717) is 10.6 Å². The number of rotatable bonds is 2. The van der Waals surface area contributed by atoms with Crippen molar-refractivity contribution >= 4 is 23.6 Å². The second-order valence-electron chi connectivity index (χ2n) is 1.44. The average molecular weight is 162 g/mol. The minimum Gasteiger partial charge on any atom is -0.377 e. The number of aromatic amines is 1. The third-order valence-electron chi connectivity index (χ3n) is 0.750. The Morgan fingerprint density at radius 3 is 3.11 bits per heavy atom. The van der Waals surface area contributed by atoms with E-state index >= 15 is 0 Å². The van der Waals surface area contributed by atoms with Crippen LogP contribution in [-0.2, 0) is 11.3 Å². The fourth-order valence-electron chi connectivity index (χ4n) is 0.446. The molecule has 50 valence electrons. The van der Waals surface area contributed by atoms with Gasteiger partial charge in [0.05, 0.1) is 6.61 Å². The van der Waals surface area contributed by atoms with Gasteiger partial charge in [0, 0.05) is 7.11 Å². The Kier molecular flexibility index (Phi) is 2.32. The van der Waals surface area contributed by atoms with Crippen LogP contribution >= 0.6 is 23.6 Å². The van der Waals surface area contributed by atoms with E-state index in [9.17, 15) is 0 Å². The molecule has 0 fully saturated rings. The first-order valence-corrected chi connectivity index (χ1v) is 3.58. The SMILES string of the molecule is COCc1n[nH]c(=S)s1. The molecule has 0 unspecified atom stereocenters. The lowest BCUT2D eigenvalue weighted by Gasteiger charge is -1.86. The van der Waals surface area contributed by atoms with Crippen LogP contribution < -0.4 is 0 Å². The second kappa shape index (κ2) is 3.05. The third-order valence-corrected chi connectivity index (χ3v) is 1.81. The highest BCUT2D eigenvalue weighted by atomic mass is 32.1. The van der Waals surface area contributed by atoms with Crippen LogP contribution in [0.2, 0.25) is 0 Å². The van der Waals surface area contributed by atoms with E-state index in [-0.39, 0.29) is 0 Å². The van der Waals surface area contributed by atoms with E-state index < -0.39 is 0 Å². The number of hydrogen-bond donors (Lipinski definition) is 1. The fraction of sp³-hybridized carbons (Fsp3) is 0.500. The number of H-pyrrole nitrogens is 1. The Morgan fingerprint density at radius 2 is 2.67 bits per heavy atom. The molecule has 0 bridgehead atoms. The number of ether oxygens (including phenoxy) is 1. The summed E-state index contributed by atoms with van der Waals surface area (Å²) >= 11 is 6.23. The summed E-state index contributed by atoms with van der Waals surface area (Å²) in [6.07, 6.45) is 0. The summed E-state index contributed by atoms with van der Waals surface area (Å²) in [6.45, 7) is 0.539. The topological polar surface area (TPSA) is 37.9 Å². The molecular weight excluding hydrogens is 156 g/mol. The molecule has 0 aliphatic heterocycles. The average Bonchev–Trinajstić information content (AvgIpc) is 2.17. The zero-order chi connectivity index (χ0) is 6.69. The summed E-state index contributed by atoms with van der Waals surface area (Å²) in [4.78, 5) is 0. The van der Waals surface area contributed by atoms with E-state index in [4.69, 9.17) is 17.0 Å². The quantitative estimate of drug-likeness (QED) is 0.667. The molecule has 0 atom stereocenters. The molecule has 1 aromatic heterocycles. The second-order valence-corrected chi connectivity index (χ2v) is 3.19. The fourth-order valence-corrected chi connectivity index (χ4v) is 1.35. The molecule has 0 aliphatic carbocycles. The van der Waals surface area contributed by atoms with E-state index in [1.807, 2.05) is 0 Å². The highest BCUT2D eigenvalue weighted by Gasteiger charge is 1.93. The molecule has 0 aromatic carbocycles. The van der Waals surface area contributed by atoms with Crippen LogP contribution in [0.4, 0.5) is 0 Å². The molecule has 0 saturated heterocycles. The van der Waals surface area contributed by atoms with Crippen molar-refractivity contribution in [1.82, 2.24) is 10.2 Å². The van der Waals surface area contributed by atoms with E-state index in [1.165, 1.54) is 11.3 Å². The van der Waals surface area contributed by atoms with Gasteiger partial charge >= 0.3 is 0 Å². The zero-order valence-electron chi connectivity index (χ0n) is 4.88. The van der Waals surface area contributed by atoms with Crippen molar-refractivity contribution in [3.8, 4) is 0 Å². The lowest BCUT2D eigenvalue weighted by molar-refractivity contribution is 0.184. The van der Waals surface area contributed by atoms with Crippen molar-refractivity contribution in [2.75, 3.05) is 7.11 Å². The van der Waals surface area contributed by atoms with Crippen LogP contribution in [0, 0.1) is 3.95 Å². The molecular formula is C4H6N2OS2.